The second kappa shape index (κ2) is 2.02. The first-order chi connectivity index (χ1) is 5.29. The average molecular weight is 149 g/mol. The van der Waals surface area contributed by atoms with Gasteiger partial charge in [0.25, 0.3) is 5.91 Å². The predicted molar refractivity (Wildman–Crippen MR) is 41.6 cm³/mol. The normalized spacial score (nSPS) is 27.4. The molecule has 1 atom stereocenters. The summed E-state index contributed by atoms with van der Waals surface area (Å²) in [5.41, 5.74) is 0.785. The van der Waals surface area contributed by atoms with Crippen LogP contribution in [0.3, 0.4) is 0 Å². The van der Waals surface area contributed by atoms with Gasteiger partial charge in [-0.15, -0.1) is 0 Å². The van der Waals surface area contributed by atoms with Crippen LogP contribution in [0.2, 0.25) is 0 Å². The third kappa shape index (κ3) is 0.790. The zero-order chi connectivity index (χ0) is 7.84. The van der Waals surface area contributed by atoms with Crippen LogP contribution in [0.5, 0.6) is 0 Å². The summed E-state index contributed by atoms with van der Waals surface area (Å²) in [6.45, 7) is 0. The smallest absolute Gasteiger partial charge is 0.276 e. The minimum atomic E-state index is -0.264. The van der Waals surface area contributed by atoms with Crippen LogP contribution in [-0.2, 0) is 4.79 Å². The molecule has 4 heteroatoms. The summed E-state index contributed by atoms with van der Waals surface area (Å²) in [6, 6.07) is -0.264. The molecular weight excluding hydrogens is 142 g/mol. The fourth-order valence-corrected chi connectivity index (χ4v) is 1.22. The van der Waals surface area contributed by atoms with E-state index < -0.39 is 0 Å². The fraction of sp³-hybridized carbons (Fsp3) is 0.286. The van der Waals surface area contributed by atoms with Gasteiger partial charge in [-0.25, -0.2) is 4.99 Å². The van der Waals surface area contributed by atoms with Crippen LogP contribution < -0.4 is 0 Å². The number of likely N-dealkylation sites (N-methyl/N-ethyl adjacent to an activating group) is 1. The molecule has 2 rings (SSSR count). The molecule has 0 N–H and O–H groups in total. The summed E-state index contributed by atoms with van der Waals surface area (Å²) < 4.78 is 0. The molecule has 0 saturated carbocycles. The number of carbonyl (C=O) groups excluding carboxylic acids is 1. The van der Waals surface area contributed by atoms with Gasteiger partial charge in [-0.2, -0.15) is 4.99 Å². The Bertz CT molecular complexity index is 290. The minimum Gasteiger partial charge on any atom is -0.364 e. The molecular formula is C7H7N3O. The molecule has 1 amide bonds. The van der Waals surface area contributed by atoms with Crippen molar-refractivity contribution in [1.29, 1.82) is 0 Å². The summed E-state index contributed by atoms with van der Waals surface area (Å²) in [7, 11) is 1.84. The zero-order valence-electron chi connectivity index (χ0n) is 6.06. The molecule has 11 heavy (non-hydrogen) atoms. The SMILES string of the molecule is CN1C=CC2=NC=NC(=O)C21. The Morgan fingerprint density at radius 3 is 3.18 bits per heavy atom. The Balaban J connectivity index is 2.41. The fourth-order valence-electron chi connectivity index (χ4n) is 1.22. The lowest BCUT2D eigenvalue weighted by atomic mass is 10.2. The Hall–Kier alpha value is -1.45. The molecule has 0 spiro atoms. The maximum atomic E-state index is 11.1. The van der Waals surface area contributed by atoms with Crippen LogP contribution in [-0.4, -0.2) is 35.9 Å². The lowest BCUT2D eigenvalue weighted by Gasteiger charge is -2.18. The summed E-state index contributed by atoms with van der Waals surface area (Å²) in [5.74, 6) is -0.137. The van der Waals surface area contributed by atoms with Crippen molar-refractivity contribution in [2.24, 2.45) is 9.98 Å². The zero-order valence-corrected chi connectivity index (χ0v) is 6.06. The summed E-state index contributed by atoms with van der Waals surface area (Å²) in [4.78, 5) is 20.5. The molecule has 0 aromatic heterocycles. The second-order valence-corrected chi connectivity index (χ2v) is 2.52. The van der Waals surface area contributed by atoms with E-state index in [1.807, 2.05) is 19.3 Å². The number of hydrogen-bond acceptors (Lipinski definition) is 3. The third-order valence-electron chi connectivity index (χ3n) is 1.79. The van der Waals surface area contributed by atoms with E-state index in [0.29, 0.717) is 0 Å². The molecule has 0 bridgehead atoms. The van der Waals surface area contributed by atoms with Gasteiger partial charge in [0, 0.05) is 13.2 Å². The quantitative estimate of drug-likeness (QED) is 0.479. The minimum absolute atomic E-state index is 0.137. The molecule has 0 aromatic rings. The van der Waals surface area contributed by atoms with Crippen molar-refractivity contribution in [3.8, 4) is 0 Å². The van der Waals surface area contributed by atoms with Crippen molar-refractivity contribution in [3.63, 3.8) is 0 Å². The van der Waals surface area contributed by atoms with Crippen molar-refractivity contribution in [2.75, 3.05) is 7.05 Å². The molecule has 2 aliphatic rings. The van der Waals surface area contributed by atoms with E-state index >= 15 is 0 Å². The first kappa shape index (κ1) is 6.27. The first-order valence-corrected chi connectivity index (χ1v) is 3.33. The van der Waals surface area contributed by atoms with E-state index in [9.17, 15) is 4.79 Å². The van der Waals surface area contributed by atoms with Gasteiger partial charge >= 0.3 is 0 Å². The van der Waals surface area contributed by atoms with Crippen LogP contribution in [0.25, 0.3) is 0 Å². The van der Waals surface area contributed by atoms with E-state index in [0.717, 1.165) is 5.71 Å². The van der Waals surface area contributed by atoms with Crippen molar-refractivity contribution < 1.29 is 4.79 Å². The molecule has 1 unspecified atom stereocenters. The van der Waals surface area contributed by atoms with Gasteiger partial charge in [0.05, 0.1) is 5.71 Å². The maximum absolute atomic E-state index is 11.1. The van der Waals surface area contributed by atoms with E-state index in [4.69, 9.17) is 0 Å². The molecule has 56 valence electrons. The van der Waals surface area contributed by atoms with Crippen LogP contribution in [0.15, 0.2) is 22.3 Å². The highest BCUT2D eigenvalue weighted by molar-refractivity contribution is 6.20. The highest BCUT2D eigenvalue weighted by Gasteiger charge is 2.30. The Kier molecular flexibility index (Phi) is 1.15. The van der Waals surface area contributed by atoms with Gasteiger partial charge in [0.2, 0.25) is 0 Å². The van der Waals surface area contributed by atoms with Crippen LogP contribution in [0, 0.1) is 0 Å². The molecule has 0 aliphatic carbocycles. The maximum Gasteiger partial charge on any atom is 0.276 e. The number of rotatable bonds is 0. The van der Waals surface area contributed by atoms with Crippen LogP contribution >= 0.6 is 0 Å². The van der Waals surface area contributed by atoms with Crippen LogP contribution in [0.1, 0.15) is 0 Å². The molecule has 0 fully saturated rings. The summed E-state index contributed by atoms with van der Waals surface area (Å²) in [6.07, 6.45) is 4.96. The second-order valence-electron chi connectivity index (χ2n) is 2.52. The summed E-state index contributed by atoms with van der Waals surface area (Å²) >= 11 is 0. The topological polar surface area (TPSA) is 45.0 Å². The summed E-state index contributed by atoms with van der Waals surface area (Å²) in [5, 5.41) is 0. The van der Waals surface area contributed by atoms with E-state index in [2.05, 4.69) is 9.98 Å². The van der Waals surface area contributed by atoms with Crippen molar-refractivity contribution in [2.45, 2.75) is 6.04 Å². The van der Waals surface area contributed by atoms with Gasteiger partial charge in [-0.3, -0.25) is 4.79 Å². The Morgan fingerprint density at radius 1 is 1.64 bits per heavy atom. The van der Waals surface area contributed by atoms with E-state index in [1.165, 1.54) is 6.34 Å². The first-order valence-electron chi connectivity index (χ1n) is 3.33. The van der Waals surface area contributed by atoms with E-state index in [1.54, 1.807) is 4.90 Å². The molecule has 2 aliphatic heterocycles. The van der Waals surface area contributed by atoms with E-state index in [-0.39, 0.29) is 11.9 Å². The third-order valence-corrected chi connectivity index (χ3v) is 1.79. The number of aliphatic imine (C=N–C) groups is 2. The van der Waals surface area contributed by atoms with Gasteiger partial charge < -0.3 is 4.90 Å². The Labute approximate surface area is 63.9 Å². The van der Waals surface area contributed by atoms with Crippen LogP contribution in [0.4, 0.5) is 0 Å². The highest BCUT2D eigenvalue weighted by Crippen LogP contribution is 2.13. The number of amides is 1. The van der Waals surface area contributed by atoms with Crippen molar-refractivity contribution in [3.05, 3.63) is 12.3 Å². The van der Waals surface area contributed by atoms with Gasteiger partial charge in [0.1, 0.15) is 6.34 Å². The highest BCUT2D eigenvalue weighted by atomic mass is 16.2. The van der Waals surface area contributed by atoms with Gasteiger partial charge in [0.15, 0.2) is 6.04 Å². The lowest BCUT2D eigenvalue weighted by molar-refractivity contribution is -0.119. The molecule has 0 radical (unpaired) electrons. The van der Waals surface area contributed by atoms with Crippen molar-refractivity contribution in [1.82, 2.24) is 4.90 Å². The molecule has 4 nitrogen and oxygen atoms in total. The predicted octanol–water partition coefficient (Wildman–Crippen LogP) is -0.176. The Morgan fingerprint density at radius 2 is 2.45 bits per heavy atom. The number of carbonyl (C=O) groups is 1. The number of hydrogen-bond donors (Lipinski definition) is 0. The molecule has 0 saturated heterocycles. The lowest BCUT2D eigenvalue weighted by Crippen LogP contribution is -2.38. The average Bonchev–Trinajstić information content (AvgIpc) is 2.34. The van der Waals surface area contributed by atoms with Gasteiger partial charge in [-0.05, 0) is 6.08 Å². The largest absolute Gasteiger partial charge is 0.364 e. The molecule has 0 aromatic carbocycles. The molecule has 2 heterocycles. The van der Waals surface area contributed by atoms with Crippen molar-refractivity contribution >= 4 is 18.0 Å². The monoisotopic (exact) mass is 149 g/mol. The number of nitrogens with zero attached hydrogens (tertiary/aromatic N) is 3. The standard InChI is InChI=1S/C7H7N3O/c1-10-3-2-5-6(10)7(11)9-4-8-5/h2-4,6H,1H3. The van der Waals surface area contributed by atoms with Gasteiger partial charge in [-0.1, -0.05) is 0 Å². The number of fused-ring (bicyclic) bond motifs is 1.